The number of aryl methyl sites for hydroxylation is 1. The fourth-order valence-electron chi connectivity index (χ4n) is 2.45. The van der Waals surface area contributed by atoms with Gasteiger partial charge in [-0.2, -0.15) is 0 Å². The number of hydrogen-bond donors (Lipinski definition) is 0. The van der Waals surface area contributed by atoms with Gasteiger partial charge in [0.05, 0.1) is 15.7 Å². The molecule has 0 saturated carbocycles. The molecular weight excluding hydrogens is 380 g/mol. The minimum absolute atomic E-state index is 0.119. The molecule has 3 aromatic rings. The first-order chi connectivity index (χ1) is 12.5. The van der Waals surface area contributed by atoms with Crippen LogP contribution in [0.5, 0.6) is 5.75 Å². The summed E-state index contributed by atoms with van der Waals surface area (Å²) in [7, 11) is 0. The fourth-order valence-corrected chi connectivity index (χ4v) is 6.04. The van der Waals surface area contributed by atoms with Crippen LogP contribution in [0.15, 0.2) is 62.4 Å². The summed E-state index contributed by atoms with van der Waals surface area (Å²) in [5.74, 6) is 1.46. The Balaban J connectivity index is 1.95. The van der Waals surface area contributed by atoms with E-state index in [-0.39, 0.29) is 4.06 Å². The molecule has 136 valence electrons. The van der Waals surface area contributed by atoms with E-state index in [0.717, 1.165) is 37.3 Å². The Hall–Kier alpha value is -1.56. The van der Waals surface area contributed by atoms with Crippen molar-refractivity contribution in [1.82, 2.24) is 0 Å². The van der Waals surface area contributed by atoms with Crippen LogP contribution in [-0.2, 0) is 0 Å². The zero-order chi connectivity index (χ0) is 18.5. The third-order valence-electron chi connectivity index (χ3n) is 3.83. The van der Waals surface area contributed by atoms with Crippen molar-refractivity contribution >= 4 is 34.4 Å². The molecule has 0 radical (unpaired) electrons. The first-order valence-corrected chi connectivity index (χ1v) is 11.1. The molecule has 1 aromatic heterocycles. The van der Waals surface area contributed by atoms with E-state index < -0.39 is 0 Å². The summed E-state index contributed by atoms with van der Waals surface area (Å²) >= 11 is 4.28. The molecule has 0 saturated heterocycles. The Bertz CT molecular complexity index is 911. The minimum atomic E-state index is 0.119. The number of ether oxygens (including phenoxy) is 1. The highest BCUT2D eigenvalue weighted by Gasteiger charge is 2.17. The standard InChI is InChI=1S/C21H22O2S3/c1-14(2)11-12-23-18-10-9-15(3)13-17(18)19-20(26-21(22)25-19)24-16-7-5-4-6-8-16/h4-10,13-14H,11-12H2,1-3H3. The molecule has 3 rings (SSSR count). The molecular formula is C21H22O2S3. The topological polar surface area (TPSA) is 26.3 Å². The SMILES string of the molecule is Cc1ccc(OCCC(C)C)c(-c2sc(=O)sc2Sc2ccccc2)c1. The van der Waals surface area contributed by atoms with Crippen LogP contribution in [0.4, 0.5) is 0 Å². The lowest BCUT2D eigenvalue weighted by Gasteiger charge is -2.13. The molecule has 26 heavy (non-hydrogen) atoms. The predicted octanol–water partition coefficient (Wildman–Crippen LogP) is 6.72. The highest BCUT2D eigenvalue weighted by molar-refractivity contribution is 8.01. The van der Waals surface area contributed by atoms with Gasteiger partial charge in [0.25, 0.3) is 4.06 Å². The monoisotopic (exact) mass is 402 g/mol. The minimum Gasteiger partial charge on any atom is -0.493 e. The van der Waals surface area contributed by atoms with Crippen molar-refractivity contribution in [2.24, 2.45) is 5.92 Å². The summed E-state index contributed by atoms with van der Waals surface area (Å²) < 4.78 is 7.22. The Kier molecular flexibility index (Phi) is 6.57. The largest absolute Gasteiger partial charge is 0.493 e. The van der Waals surface area contributed by atoms with Crippen molar-refractivity contribution in [2.45, 2.75) is 36.3 Å². The van der Waals surface area contributed by atoms with Gasteiger partial charge in [-0.25, -0.2) is 0 Å². The second-order valence-corrected chi connectivity index (χ2v) is 10.1. The summed E-state index contributed by atoms with van der Waals surface area (Å²) in [6.07, 6.45) is 1.01. The lowest BCUT2D eigenvalue weighted by molar-refractivity contribution is 0.290. The van der Waals surface area contributed by atoms with Crippen LogP contribution in [0.25, 0.3) is 10.4 Å². The van der Waals surface area contributed by atoms with Gasteiger partial charge in [-0.05, 0) is 43.5 Å². The van der Waals surface area contributed by atoms with Gasteiger partial charge in [-0.3, -0.25) is 4.79 Å². The van der Waals surface area contributed by atoms with E-state index >= 15 is 0 Å². The van der Waals surface area contributed by atoms with Crippen molar-refractivity contribution in [2.75, 3.05) is 6.61 Å². The van der Waals surface area contributed by atoms with Crippen LogP contribution in [0.1, 0.15) is 25.8 Å². The summed E-state index contributed by atoms with van der Waals surface area (Å²) in [6, 6.07) is 16.4. The van der Waals surface area contributed by atoms with Crippen LogP contribution < -0.4 is 8.79 Å². The average Bonchev–Trinajstić information content (AvgIpc) is 2.97. The summed E-state index contributed by atoms with van der Waals surface area (Å²) in [4.78, 5) is 14.3. The van der Waals surface area contributed by atoms with Crippen molar-refractivity contribution in [3.63, 3.8) is 0 Å². The molecule has 0 bridgehead atoms. The van der Waals surface area contributed by atoms with Crippen molar-refractivity contribution in [3.8, 4) is 16.2 Å². The molecule has 1 heterocycles. The summed E-state index contributed by atoms with van der Waals surface area (Å²) in [5, 5.41) is 0. The Morgan fingerprint density at radius 3 is 2.58 bits per heavy atom. The fraction of sp³-hybridized carbons (Fsp3) is 0.286. The lowest BCUT2D eigenvalue weighted by Crippen LogP contribution is -2.02. The highest BCUT2D eigenvalue weighted by atomic mass is 32.2. The Morgan fingerprint density at radius 1 is 1.08 bits per heavy atom. The zero-order valence-corrected chi connectivity index (χ0v) is 17.6. The van der Waals surface area contributed by atoms with Crippen molar-refractivity contribution in [3.05, 3.63) is 62.9 Å². The van der Waals surface area contributed by atoms with E-state index in [9.17, 15) is 4.79 Å². The van der Waals surface area contributed by atoms with Gasteiger partial charge >= 0.3 is 0 Å². The van der Waals surface area contributed by atoms with Gasteiger partial charge in [0.1, 0.15) is 5.75 Å². The maximum Gasteiger partial charge on any atom is 0.289 e. The molecule has 0 spiro atoms. The van der Waals surface area contributed by atoms with Crippen LogP contribution in [0, 0.1) is 12.8 Å². The first-order valence-electron chi connectivity index (χ1n) is 8.63. The molecule has 0 aliphatic heterocycles. The lowest BCUT2D eigenvalue weighted by atomic mass is 10.1. The molecule has 0 aliphatic rings. The Labute approximate surface area is 166 Å². The zero-order valence-electron chi connectivity index (χ0n) is 15.2. The second-order valence-electron chi connectivity index (χ2n) is 6.52. The normalized spacial score (nSPS) is 11.1. The van der Waals surface area contributed by atoms with E-state index in [0.29, 0.717) is 12.5 Å². The molecule has 2 aromatic carbocycles. The Morgan fingerprint density at radius 2 is 1.85 bits per heavy atom. The van der Waals surface area contributed by atoms with Crippen LogP contribution >= 0.6 is 34.4 Å². The molecule has 0 atom stereocenters. The quantitative estimate of drug-likeness (QED) is 0.439. The molecule has 0 amide bonds. The van der Waals surface area contributed by atoms with E-state index in [1.54, 1.807) is 11.8 Å². The molecule has 2 nitrogen and oxygen atoms in total. The van der Waals surface area contributed by atoms with Crippen LogP contribution in [-0.4, -0.2) is 6.61 Å². The maximum absolute atomic E-state index is 12.2. The number of benzene rings is 2. The molecule has 5 heteroatoms. The first kappa shape index (κ1) is 19.2. The smallest absolute Gasteiger partial charge is 0.289 e. The predicted molar refractivity (Wildman–Crippen MR) is 114 cm³/mol. The third-order valence-corrected chi connectivity index (χ3v) is 7.34. The van der Waals surface area contributed by atoms with Gasteiger partial charge in [-0.15, -0.1) is 0 Å². The maximum atomic E-state index is 12.2. The summed E-state index contributed by atoms with van der Waals surface area (Å²) in [5.41, 5.74) is 2.19. The average molecular weight is 403 g/mol. The second kappa shape index (κ2) is 8.89. The van der Waals surface area contributed by atoms with Crippen LogP contribution in [0.2, 0.25) is 0 Å². The van der Waals surface area contributed by atoms with E-state index in [2.05, 4.69) is 45.0 Å². The number of rotatable bonds is 7. The van der Waals surface area contributed by atoms with E-state index in [4.69, 9.17) is 4.74 Å². The molecule has 0 aliphatic carbocycles. The van der Waals surface area contributed by atoms with Gasteiger partial charge < -0.3 is 4.74 Å². The molecule has 0 N–H and O–H groups in total. The molecule has 0 fully saturated rings. The van der Waals surface area contributed by atoms with Gasteiger partial charge in [0.15, 0.2) is 0 Å². The van der Waals surface area contributed by atoms with Crippen LogP contribution in [0.3, 0.4) is 0 Å². The van der Waals surface area contributed by atoms with E-state index in [1.165, 1.54) is 22.7 Å². The molecule has 0 unspecified atom stereocenters. The summed E-state index contributed by atoms with van der Waals surface area (Å²) in [6.45, 7) is 7.14. The van der Waals surface area contributed by atoms with Crippen molar-refractivity contribution < 1.29 is 4.74 Å². The van der Waals surface area contributed by atoms with Gasteiger partial charge in [-0.1, -0.05) is 78.1 Å². The van der Waals surface area contributed by atoms with E-state index in [1.807, 2.05) is 24.3 Å². The third kappa shape index (κ3) is 5.00. The number of hydrogen-bond acceptors (Lipinski definition) is 5. The van der Waals surface area contributed by atoms with Gasteiger partial charge in [0, 0.05) is 10.5 Å². The van der Waals surface area contributed by atoms with Gasteiger partial charge in [0.2, 0.25) is 0 Å². The van der Waals surface area contributed by atoms with Crippen molar-refractivity contribution in [1.29, 1.82) is 0 Å². The highest BCUT2D eigenvalue weighted by Crippen LogP contribution is 2.44.